The molecule has 1 amide bonds. The summed E-state index contributed by atoms with van der Waals surface area (Å²) in [7, 11) is -1.23. The normalized spacial score (nSPS) is 23.2. The monoisotopic (exact) mass is 234 g/mol. The molecule has 5 nitrogen and oxygen atoms in total. The number of hydrogen-bond acceptors (Lipinski definition) is 4. The first-order chi connectivity index (χ1) is 6.94. The Morgan fingerprint density at radius 3 is 2.73 bits per heavy atom. The molecule has 1 fully saturated rings. The fourth-order valence-electron chi connectivity index (χ4n) is 1.71. The summed E-state index contributed by atoms with van der Waals surface area (Å²) in [6.45, 7) is 0.988. The second kappa shape index (κ2) is 4.94. The van der Waals surface area contributed by atoms with Gasteiger partial charge in [0.15, 0.2) is 0 Å². The zero-order chi connectivity index (χ0) is 11.5. The maximum absolute atomic E-state index is 11.7. The van der Waals surface area contributed by atoms with E-state index in [1.54, 1.807) is 11.9 Å². The maximum atomic E-state index is 11.7. The number of amides is 1. The minimum absolute atomic E-state index is 0.0207. The van der Waals surface area contributed by atoms with Crippen LogP contribution >= 0.6 is 0 Å². The highest BCUT2D eigenvalue weighted by molar-refractivity contribution is 7.90. The molecule has 1 unspecified atom stereocenters. The van der Waals surface area contributed by atoms with Crippen LogP contribution in [0.5, 0.6) is 0 Å². The van der Waals surface area contributed by atoms with Gasteiger partial charge in [0.05, 0.1) is 11.8 Å². The molecule has 1 heterocycles. The molecule has 15 heavy (non-hydrogen) atoms. The van der Waals surface area contributed by atoms with Crippen LogP contribution in [0.25, 0.3) is 0 Å². The summed E-state index contributed by atoms with van der Waals surface area (Å²) >= 11 is 0. The number of piperidine rings is 1. The van der Waals surface area contributed by atoms with E-state index in [1.807, 2.05) is 0 Å². The fraction of sp³-hybridized carbons (Fsp3) is 0.889. The largest absolute Gasteiger partial charge is 0.340 e. The van der Waals surface area contributed by atoms with Crippen LogP contribution in [0.3, 0.4) is 0 Å². The minimum atomic E-state index is -2.99. The van der Waals surface area contributed by atoms with Gasteiger partial charge in [-0.05, 0) is 19.9 Å². The van der Waals surface area contributed by atoms with E-state index >= 15 is 0 Å². The van der Waals surface area contributed by atoms with Crippen LogP contribution in [0.15, 0.2) is 0 Å². The van der Waals surface area contributed by atoms with Gasteiger partial charge in [-0.15, -0.1) is 0 Å². The first-order valence-corrected chi connectivity index (χ1v) is 7.14. The topological polar surface area (TPSA) is 66.5 Å². The van der Waals surface area contributed by atoms with Gasteiger partial charge in [0, 0.05) is 19.3 Å². The molecule has 0 saturated carbocycles. The average Bonchev–Trinajstić information content (AvgIpc) is 2.15. The van der Waals surface area contributed by atoms with Crippen LogP contribution in [0.4, 0.5) is 0 Å². The molecule has 0 aliphatic carbocycles. The number of rotatable bonds is 4. The Hall–Kier alpha value is -0.620. The van der Waals surface area contributed by atoms with Gasteiger partial charge in [0.2, 0.25) is 5.91 Å². The number of nitrogens with one attached hydrogen (secondary N) is 1. The van der Waals surface area contributed by atoms with E-state index in [2.05, 4.69) is 5.32 Å². The lowest BCUT2D eigenvalue weighted by Gasteiger charge is -2.31. The van der Waals surface area contributed by atoms with E-state index in [1.165, 1.54) is 6.26 Å². The van der Waals surface area contributed by atoms with E-state index in [9.17, 15) is 13.2 Å². The molecule has 0 aromatic carbocycles. The van der Waals surface area contributed by atoms with Gasteiger partial charge < -0.3 is 10.2 Å². The third kappa shape index (κ3) is 3.79. The number of hydrogen-bond donors (Lipinski definition) is 1. The SMILES string of the molecule is CNC1CCCN(CCS(C)(=O)=O)C1=O. The van der Waals surface area contributed by atoms with Crippen LogP contribution in [0, 0.1) is 0 Å². The Bertz CT molecular complexity index is 326. The Morgan fingerprint density at radius 1 is 1.53 bits per heavy atom. The molecule has 0 bridgehead atoms. The van der Waals surface area contributed by atoms with Crippen molar-refractivity contribution in [2.24, 2.45) is 0 Å². The van der Waals surface area contributed by atoms with Gasteiger partial charge in [-0.25, -0.2) is 8.42 Å². The lowest BCUT2D eigenvalue weighted by atomic mass is 10.1. The lowest BCUT2D eigenvalue weighted by Crippen LogP contribution is -2.50. The highest BCUT2D eigenvalue weighted by Crippen LogP contribution is 2.11. The summed E-state index contributed by atoms with van der Waals surface area (Å²) in [6, 6.07) is -0.140. The molecule has 6 heteroatoms. The van der Waals surface area contributed by atoms with E-state index in [4.69, 9.17) is 0 Å². The molecule has 1 N–H and O–H groups in total. The number of likely N-dealkylation sites (tertiary alicyclic amines) is 1. The van der Waals surface area contributed by atoms with Crippen LogP contribution in [0.1, 0.15) is 12.8 Å². The Kier molecular flexibility index (Phi) is 4.10. The van der Waals surface area contributed by atoms with Crippen molar-refractivity contribution >= 4 is 15.7 Å². The van der Waals surface area contributed by atoms with Gasteiger partial charge in [0.25, 0.3) is 0 Å². The van der Waals surface area contributed by atoms with Gasteiger partial charge in [-0.1, -0.05) is 0 Å². The Balaban J connectivity index is 2.51. The number of carbonyl (C=O) groups excluding carboxylic acids is 1. The zero-order valence-electron chi connectivity index (χ0n) is 9.19. The van der Waals surface area contributed by atoms with Gasteiger partial charge in [-0.2, -0.15) is 0 Å². The third-order valence-corrected chi connectivity index (χ3v) is 3.54. The van der Waals surface area contributed by atoms with E-state index in [0.29, 0.717) is 13.1 Å². The third-order valence-electron chi connectivity index (χ3n) is 2.61. The molecule has 0 spiro atoms. The van der Waals surface area contributed by atoms with Gasteiger partial charge in [-0.3, -0.25) is 4.79 Å². The van der Waals surface area contributed by atoms with Crippen LogP contribution < -0.4 is 5.32 Å². The molecule has 0 aromatic rings. The molecule has 0 aromatic heterocycles. The van der Waals surface area contributed by atoms with Crippen molar-refractivity contribution in [3.05, 3.63) is 0 Å². The zero-order valence-corrected chi connectivity index (χ0v) is 10.0. The fourth-order valence-corrected chi connectivity index (χ4v) is 2.26. The van der Waals surface area contributed by atoms with Gasteiger partial charge in [0.1, 0.15) is 9.84 Å². The molecule has 1 aliphatic heterocycles. The van der Waals surface area contributed by atoms with Crippen molar-refractivity contribution < 1.29 is 13.2 Å². The predicted octanol–water partition coefficient (Wildman–Crippen LogP) is -0.759. The Morgan fingerprint density at radius 2 is 2.20 bits per heavy atom. The van der Waals surface area contributed by atoms with Crippen LogP contribution in [-0.2, 0) is 14.6 Å². The number of carbonyl (C=O) groups is 1. The molecule has 88 valence electrons. The van der Waals surface area contributed by atoms with E-state index in [0.717, 1.165) is 12.8 Å². The number of nitrogens with zero attached hydrogens (tertiary/aromatic N) is 1. The quantitative estimate of drug-likeness (QED) is 0.694. The summed E-state index contributed by atoms with van der Waals surface area (Å²) in [4.78, 5) is 13.4. The summed E-state index contributed by atoms with van der Waals surface area (Å²) in [6.07, 6.45) is 2.96. The maximum Gasteiger partial charge on any atom is 0.239 e. The number of sulfone groups is 1. The van der Waals surface area contributed by atoms with Crippen LogP contribution in [-0.4, -0.2) is 57.4 Å². The summed E-state index contributed by atoms with van der Waals surface area (Å²) < 4.78 is 22.0. The van der Waals surface area contributed by atoms with Crippen LogP contribution in [0.2, 0.25) is 0 Å². The summed E-state index contributed by atoms with van der Waals surface area (Å²) in [5.41, 5.74) is 0. The molecule has 1 saturated heterocycles. The standard InChI is InChI=1S/C9H18N2O3S/c1-10-8-4-3-5-11(9(8)12)6-7-15(2,13)14/h8,10H,3-7H2,1-2H3. The van der Waals surface area contributed by atoms with Crippen molar-refractivity contribution in [1.29, 1.82) is 0 Å². The highest BCUT2D eigenvalue weighted by atomic mass is 32.2. The van der Waals surface area contributed by atoms with Crippen molar-refractivity contribution in [3.8, 4) is 0 Å². The first kappa shape index (κ1) is 12.4. The first-order valence-electron chi connectivity index (χ1n) is 5.08. The van der Waals surface area contributed by atoms with Crippen molar-refractivity contribution in [2.75, 3.05) is 32.1 Å². The number of likely N-dealkylation sites (N-methyl/N-ethyl adjacent to an activating group) is 1. The lowest BCUT2D eigenvalue weighted by molar-refractivity contribution is -0.135. The summed E-state index contributed by atoms with van der Waals surface area (Å²) in [5, 5.41) is 2.94. The molecule has 1 atom stereocenters. The molecule has 1 aliphatic rings. The van der Waals surface area contributed by atoms with Crippen molar-refractivity contribution in [2.45, 2.75) is 18.9 Å². The predicted molar refractivity (Wildman–Crippen MR) is 58.4 cm³/mol. The van der Waals surface area contributed by atoms with Crippen molar-refractivity contribution in [3.63, 3.8) is 0 Å². The van der Waals surface area contributed by atoms with E-state index < -0.39 is 9.84 Å². The average molecular weight is 234 g/mol. The second-order valence-corrected chi connectivity index (χ2v) is 6.20. The Labute approximate surface area is 90.7 Å². The van der Waals surface area contributed by atoms with E-state index in [-0.39, 0.29) is 17.7 Å². The highest BCUT2D eigenvalue weighted by Gasteiger charge is 2.27. The molecule has 0 radical (unpaired) electrons. The molecular formula is C9H18N2O3S. The minimum Gasteiger partial charge on any atom is -0.340 e. The summed E-state index contributed by atoms with van der Waals surface area (Å²) in [5.74, 6) is 0.0715. The molecular weight excluding hydrogens is 216 g/mol. The second-order valence-electron chi connectivity index (χ2n) is 3.94. The molecule has 1 rings (SSSR count). The van der Waals surface area contributed by atoms with Crippen molar-refractivity contribution in [1.82, 2.24) is 10.2 Å². The van der Waals surface area contributed by atoms with Gasteiger partial charge >= 0.3 is 0 Å². The smallest absolute Gasteiger partial charge is 0.239 e.